The maximum Gasteiger partial charge on any atom is 0.253 e. The zero-order valence-corrected chi connectivity index (χ0v) is 16.0. The Balaban J connectivity index is 2.20. The second-order valence-corrected chi connectivity index (χ2v) is 8.98. The fraction of sp³-hybridized carbons (Fsp3) is 0.562. The number of amides is 1. The van der Waals surface area contributed by atoms with Gasteiger partial charge in [-0.25, -0.2) is 12.7 Å². The van der Waals surface area contributed by atoms with Crippen LogP contribution in [0.3, 0.4) is 0 Å². The Morgan fingerprint density at radius 3 is 2.88 bits per heavy atom. The van der Waals surface area contributed by atoms with Crippen molar-refractivity contribution in [2.45, 2.75) is 17.9 Å². The van der Waals surface area contributed by atoms with Crippen LogP contribution in [0.15, 0.2) is 29.2 Å². The number of rotatable bonds is 6. The number of carbonyl (C=O) groups is 1. The molecule has 24 heavy (non-hydrogen) atoms. The van der Waals surface area contributed by atoms with Gasteiger partial charge in [0.15, 0.2) is 0 Å². The van der Waals surface area contributed by atoms with Gasteiger partial charge in [0.05, 0.1) is 4.90 Å². The molecule has 1 aromatic rings. The predicted molar refractivity (Wildman–Crippen MR) is 98.0 cm³/mol. The number of hydrogen-bond donors (Lipinski definition) is 1. The summed E-state index contributed by atoms with van der Waals surface area (Å²) >= 11 is 1.60. The Labute approximate surface area is 148 Å². The first kappa shape index (κ1) is 19.2. The lowest BCUT2D eigenvalue weighted by molar-refractivity contribution is 0.0709. The molecule has 8 heteroatoms. The number of thioether (sulfide) groups is 1. The van der Waals surface area contributed by atoms with Crippen molar-refractivity contribution < 1.29 is 13.2 Å². The Morgan fingerprint density at radius 1 is 1.46 bits per heavy atom. The minimum absolute atomic E-state index is 0.118. The highest BCUT2D eigenvalue weighted by atomic mass is 32.2. The van der Waals surface area contributed by atoms with Crippen LogP contribution in [0.25, 0.3) is 0 Å². The second-order valence-electron chi connectivity index (χ2n) is 5.95. The van der Waals surface area contributed by atoms with Gasteiger partial charge in [0.1, 0.15) is 0 Å². The van der Waals surface area contributed by atoms with E-state index in [2.05, 4.69) is 5.32 Å². The molecule has 0 radical (unpaired) electrons. The van der Waals surface area contributed by atoms with Crippen molar-refractivity contribution >= 4 is 27.7 Å². The first-order valence-corrected chi connectivity index (χ1v) is 10.8. The SMILES string of the molecule is CSCCN(C)S(=O)(=O)c1cccc(C(=O)N2CCNC(C)C2)c1. The van der Waals surface area contributed by atoms with Gasteiger partial charge in [-0.15, -0.1) is 0 Å². The molecule has 1 amide bonds. The molecular formula is C16H25N3O3S2. The third-order valence-electron chi connectivity index (χ3n) is 4.06. The molecule has 1 N–H and O–H groups in total. The van der Waals surface area contributed by atoms with Crippen LogP contribution in [-0.2, 0) is 10.0 Å². The number of nitrogens with zero attached hydrogens (tertiary/aromatic N) is 2. The molecule has 0 aliphatic carbocycles. The average Bonchev–Trinajstić information content (AvgIpc) is 2.59. The van der Waals surface area contributed by atoms with Crippen molar-refractivity contribution in [2.75, 3.05) is 45.2 Å². The fourth-order valence-electron chi connectivity index (χ4n) is 2.61. The van der Waals surface area contributed by atoms with Crippen LogP contribution in [-0.4, -0.2) is 74.8 Å². The fourth-order valence-corrected chi connectivity index (χ4v) is 4.40. The minimum atomic E-state index is -3.57. The number of benzene rings is 1. The van der Waals surface area contributed by atoms with Crippen LogP contribution in [0.4, 0.5) is 0 Å². The molecule has 0 saturated carbocycles. The smallest absolute Gasteiger partial charge is 0.253 e. The maximum atomic E-state index is 12.7. The molecule has 134 valence electrons. The van der Waals surface area contributed by atoms with E-state index in [1.165, 1.54) is 10.4 Å². The molecule has 1 saturated heterocycles. The maximum absolute atomic E-state index is 12.7. The zero-order valence-electron chi connectivity index (χ0n) is 14.4. The van der Waals surface area contributed by atoms with Crippen molar-refractivity contribution in [3.05, 3.63) is 29.8 Å². The van der Waals surface area contributed by atoms with E-state index in [9.17, 15) is 13.2 Å². The largest absolute Gasteiger partial charge is 0.336 e. The highest BCUT2D eigenvalue weighted by Crippen LogP contribution is 2.18. The quantitative estimate of drug-likeness (QED) is 0.811. The van der Waals surface area contributed by atoms with Crippen molar-refractivity contribution in [1.29, 1.82) is 0 Å². The van der Waals surface area contributed by atoms with Crippen LogP contribution < -0.4 is 5.32 Å². The molecule has 1 aliphatic rings. The minimum Gasteiger partial charge on any atom is -0.336 e. The van der Waals surface area contributed by atoms with Crippen LogP contribution in [0.5, 0.6) is 0 Å². The van der Waals surface area contributed by atoms with E-state index < -0.39 is 10.0 Å². The van der Waals surface area contributed by atoms with Crippen LogP contribution in [0.1, 0.15) is 17.3 Å². The van der Waals surface area contributed by atoms with Crippen molar-refractivity contribution in [1.82, 2.24) is 14.5 Å². The lowest BCUT2D eigenvalue weighted by Crippen LogP contribution is -2.51. The van der Waals surface area contributed by atoms with Gasteiger partial charge < -0.3 is 10.2 Å². The molecule has 1 aromatic carbocycles. The summed E-state index contributed by atoms with van der Waals surface area (Å²) in [5.74, 6) is 0.611. The molecule has 0 aromatic heterocycles. The second kappa shape index (κ2) is 8.33. The summed E-state index contributed by atoms with van der Waals surface area (Å²) in [7, 11) is -2.00. The molecule has 1 heterocycles. The van der Waals surface area contributed by atoms with Crippen molar-refractivity contribution in [3.63, 3.8) is 0 Å². The van der Waals surface area contributed by atoms with E-state index in [-0.39, 0.29) is 16.8 Å². The van der Waals surface area contributed by atoms with Gasteiger partial charge in [-0.3, -0.25) is 4.79 Å². The summed E-state index contributed by atoms with van der Waals surface area (Å²) < 4.78 is 26.6. The third-order valence-corrected chi connectivity index (χ3v) is 6.50. The molecule has 0 spiro atoms. The summed E-state index contributed by atoms with van der Waals surface area (Å²) in [4.78, 5) is 14.6. The average molecular weight is 372 g/mol. The van der Waals surface area contributed by atoms with Crippen molar-refractivity contribution in [3.8, 4) is 0 Å². The van der Waals surface area contributed by atoms with Gasteiger partial charge in [0.25, 0.3) is 5.91 Å². The summed E-state index contributed by atoms with van der Waals surface area (Å²) in [6.45, 7) is 4.48. The number of sulfonamides is 1. The van der Waals surface area contributed by atoms with Crippen LogP contribution >= 0.6 is 11.8 Å². The number of hydrogen-bond acceptors (Lipinski definition) is 5. The van der Waals surface area contributed by atoms with E-state index in [0.29, 0.717) is 25.2 Å². The van der Waals surface area contributed by atoms with E-state index in [1.807, 2.05) is 13.2 Å². The normalized spacial score (nSPS) is 18.8. The van der Waals surface area contributed by atoms with Crippen molar-refractivity contribution in [2.24, 2.45) is 0 Å². The van der Waals surface area contributed by atoms with E-state index in [4.69, 9.17) is 0 Å². The monoisotopic (exact) mass is 371 g/mol. The van der Waals surface area contributed by atoms with Crippen LogP contribution in [0.2, 0.25) is 0 Å². The Bertz CT molecular complexity index is 679. The molecule has 1 aliphatic heterocycles. The Morgan fingerprint density at radius 2 is 2.21 bits per heavy atom. The van der Waals surface area contributed by atoms with Gasteiger partial charge in [0.2, 0.25) is 10.0 Å². The van der Waals surface area contributed by atoms with Gasteiger partial charge in [0, 0.05) is 50.6 Å². The lowest BCUT2D eigenvalue weighted by Gasteiger charge is -2.32. The molecule has 1 atom stereocenters. The number of carbonyl (C=O) groups excluding carboxylic acids is 1. The molecular weight excluding hydrogens is 346 g/mol. The molecule has 0 bridgehead atoms. The third kappa shape index (κ3) is 4.50. The summed E-state index contributed by atoms with van der Waals surface area (Å²) in [5, 5.41) is 3.29. The number of nitrogens with one attached hydrogen (secondary N) is 1. The zero-order chi connectivity index (χ0) is 17.7. The molecule has 6 nitrogen and oxygen atoms in total. The molecule has 2 rings (SSSR count). The standard InChI is InChI=1S/C16H25N3O3S2/c1-13-12-19(8-7-17-13)16(20)14-5-4-6-15(11-14)24(21,22)18(2)9-10-23-3/h4-6,11,13,17H,7-10,12H2,1-3H3. The highest BCUT2D eigenvalue weighted by molar-refractivity contribution is 7.98. The lowest BCUT2D eigenvalue weighted by atomic mass is 10.1. The predicted octanol–water partition coefficient (Wildman–Crippen LogP) is 1.10. The van der Waals surface area contributed by atoms with Gasteiger partial charge in [-0.2, -0.15) is 11.8 Å². The number of piperazine rings is 1. The van der Waals surface area contributed by atoms with Gasteiger partial charge in [-0.1, -0.05) is 6.07 Å². The van der Waals surface area contributed by atoms with E-state index >= 15 is 0 Å². The first-order chi connectivity index (χ1) is 11.4. The Kier molecular flexibility index (Phi) is 6.68. The molecule has 1 fully saturated rings. The topological polar surface area (TPSA) is 69.7 Å². The summed E-state index contributed by atoms with van der Waals surface area (Å²) in [6.07, 6.45) is 1.94. The van der Waals surface area contributed by atoms with Gasteiger partial charge in [-0.05, 0) is 31.4 Å². The van der Waals surface area contributed by atoms with Gasteiger partial charge >= 0.3 is 0 Å². The van der Waals surface area contributed by atoms with E-state index in [1.54, 1.807) is 41.9 Å². The van der Waals surface area contributed by atoms with Crippen LogP contribution in [0, 0.1) is 0 Å². The first-order valence-electron chi connectivity index (χ1n) is 7.94. The van der Waals surface area contributed by atoms with E-state index in [0.717, 1.165) is 12.3 Å². The summed E-state index contributed by atoms with van der Waals surface area (Å²) in [6, 6.07) is 6.58. The molecule has 1 unspecified atom stereocenters. The Hall–Kier alpha value is -1.09. The highest BCUT2D eigenvalue weighted by Gasteiger charge is 2.25. The summed E-state index contributed by atoms with van der Waals surface area (Å²) in [5.41, 5.74) is 0.420.